The number of carboxylic acid groups (broad SMARTS) is 1. The Morgan fingerprint density at radius 3 is 2.70 bits per heavy atom. The van der Waals surface area contributed by atoms with Crippen LogP contribution in [0, 0.1) is 5.92 Å². The van der Waals surface area contributed by atoms with Crippen molar-refractivity contribution in [2.24, 2.45) is 5.92 Å². The predicted molar refractivity (Wildman–Crippen MR) is 73.5 cm³/mol. The van der Waals surface area contributed by atoms with Crippen molar-refractivity contribution >= 4 is 12.0 Å². The van der Waals surface area contributed by atoms with Gasteiger partial charge in [-0.1, -0.05) is 6.92 Å². The van der Waals surface area contributed by atoms with Gasteiger partial charge < -0.3 is 19.6 Å². The van der Waals surface area contributed by atoms with Crippen molar-refractivity contribution in [1.29, 1.82) is 0 Å². The predicted octanol–water partition coefficient (Wildman–Crippen LogP) is 1.40. The molecule has 0 aromatic heterocycles. The van der Waals surface area contributed by atoms with E-state index in [0.29, 0.717) is 39.1 Å². The van der Waals surface area contributed by atoms with Gasteiger partial charge >= 0.3 is 12.0 Å². The Bertz CT molecular complexity index is 374. The van der Waals surface area contributed by atoms with Crippen molar-refractivity contribution < 1.29 is 19.4 Å². The highest BCUT2D eigenvalue weighted by molar-refractivity contribution is 5.76. The molecule has 2 aliphatic rings. The molecule has 20 heavy (non-hydrogen) atoms. The van der Waals surface area contributed by atoms with E-state index in [0.717, 1.165) is 6.42 Å². The third-order valence-corrected chi connectivity index (χ3v) is 4.34. The third kappa shape index (κ3) is 3.23. The lowest BCUT2D eigenvalue weighted by atomic mass is 9.92. The fourth-order valence-electron chi connectivity index (χ4n) is 3.00. The molecule has 2 fully saturated rings. The van der Waals surface area contributed by atoms with Gasteiger partial charge in [0.05, 0.1) is 18.6 Å². The Labute approximate surface area is 119 Å². The number of hydrogen-bond donors (Lipinski definition) is 1. The highest BCUT2D eigenvalue weighted by Crippen LogP contribution is 2.24. The summed E-state index contributed by atoms with van der Waals surface area (Å²) in [7, 11) is 0. The molecule has 0 radical (unpaired) electrons. The maximum Gasteiger partial charge on any atom is 0.320 e. The lowest BCUT2D eigenvalue weighted by Crippen LogP contribution is -2.55. The number of nitrogens with zero attached hydrogens (tertiary/aromatic N) is 2. The van der Waals surface area contributed by atoms with Gasteiger partial charge in [0.2, 0.25) is 0 Å². The van der Waals surface area contributed by atoms with E-state index >= 15 is 0 Å². The molecular formula is C14H24N2O4. The van der Waals surface area contributed by atoms with E-state index in [1.807, 2.05) is 16.7 Å². The summed E-state index contributed by atoms with van der Waals surface area (Å²) in [4.78, 5) is 27.2. The molecule has 114 valence electrons. The van der Waals surface area contributed by atoms with Gasteiger partial charge in [-0.2, -0.15) is 0 Å². The van der Waals surface area contributed by atoms with E-state index in [9.17, 15) is 9.59 Å². The summed E-state index contributed by atoms with van der Waals surface area (Å²) < 4.78 is 5.58. The number of carboxylic acids is 1. The van der Waals surface area contributed by atoms with Crippen molar-refractivity contribution in [2.75, 3.05) is 26.2 Å². The number of rotatable bonds is 2. The first-order valence-electron chi connectivity index (χ1n) is 7.42. The zero-order valence-electron chi connectivity index (χ0n) is 12.2. The molecule has 0 aliphatic carbocycles. The second kappa shape index (κ2) is 6.43. The standard InChI is InChI=1S/C14H24N2O4/c1-3-12-9-15(6-7-20-12)14(19)16-5-4-11(13(17)18)8-10(16)2/h10-12H,3-9H2,1-2H3,(H,17,18). The number of hydrogen-bond acceptors (Lipinski definition) is 3. The molecule has 0 aromatic carbocycles. The van der Waals surface area contributed by atoms with Gasteiger partial charge in [0.15, 0.2) is 0 Å². The Kier molecular flexibility index (Phi) is 4.86. The fraction of sp³-hybridized carbons (Fsp3) is 0.857. The number of ether oxygens (including phenoxy) is 1. The van der Waals surface area contributed by atoms with E-state index in [4.69, 9.17) is 9.84 Å². The first kappa shape index (κ1) is 15.1. The number of amides is 2. The molecule has 0 spiro atoms. The van der Waals surface area contributed by atoms with Crippen molar-refractivity contribution in [3.63, 3.8) is 0 Å². The van der Waals surface area contributed by atoms with E-state index in [1.54, 1.807) is 0 Å². The van der Waals surface area contributed by atoms with Crippen molar-refractivity contribution in [3.8, 4) is 0 Å². The molecule has 3 atom stereocenters. The van der Waals surface area contributed by atoms with Crippen molar-refractivity contribution in [3.05, 3.63) is 0 Å². The quantitative estimate of drug-likeness (QED) is 0.832. The van der Waals surface area contributed by atoms with Gasteiger partial charge in [0.1, 0.15) is 0 Å². The molecule has 3 unspecified atom stereocenters. The lowest BCUT2D eigenvalue weighted by molar-refractivity contribution is -0.143. The summed E-state index contributed by atoms with van der Waals surface area (Å²) in [5.41, 5.74) is 0. The third-order valence-electron chi connectivity index (χ3n) is 4.34. The van der Waals surface area contributed by atoms with Gasteiger partial charge in [-0.15, -0.1) is 0 Å². The smallest absolute Gasteiger partial charge is 0.320 e. The van der Waals surface area contributed by atoms with Crippen LogP contribution in [0.4, 0.5) is 4.79 Å². The summed E-state index contributed by atoms with van der Waals surface area (Å²) in [5, 5.41) is 9.07. The molecular weight excluding hydrogens is 260 g/mol. The Hall–Kier alpha value is -1.30. The minimum atomic E-state index is -0.749. The summed E-state index contributed by atoms with van der Waals surface area (Å²) >= 11 is 0. The number of carbonyl (C=O) groups is 2. The van der Waals surface area contributed by atoms with Crippen LogP contribution in [0.3, 0.4) is 0 Å². The summed E-state index contributed by atoms with van der Waals surface area (Å²) in [6.45, 7) is 6.38. The van der Waals surface area contributed by atoms with Crippen LogP contribution in [0.5, 0.6) is 0 Å². The molecule has 6 heteroatoms. The lowest BCUT2D eigenvalue weighted by Gasteiger charge is -2.41. The highest BCUT2D eigenvalue weighted by Gasteiger charge is 2.35. The fourth-order valence-corrected chi connectivity index (χ4v) is 3.00. The normalized spacial score (nSPS) is 31.2. The van der Waals surface area contributed by atoms with Crippen molar-refractivity contribution in [1.82, 2.24) is 9.80 Å². The number of morpholine rings is 1. The number of carbonyl (C=O) groups excluding carboxylic acids is 1. The van der Waals surface area contributed by atoms with Crippen LogP contribution in [-0.2, 0) is 9.53 Å². The van der Waals surface area contributed by atoms with E-state index in [1.165, 1.54) is 0 Å². The number of piperidine rings is 1. The van der Waals surface area contributed by atoms with Crippen LogP contribution in [-0.4, -0.2) is 65.3 Å². The molecule has 0 bridgehead atoms. The monoisotopic (exact) mass is 284 g/mol. The molecule has 2 amide bonds. The number of likely N-dealkylation sites (tertiary alicyclic amines) is 1. The Morgan fingerprint density at radius 1 is 1.35 bits per heavy atom. The average Bonchev–Trinajstić information content (AvgIpc) is 2.46. The minimum absolute atomic E-state index is 0.0136. The van der Waals surface area contributed by atoms with Gasteiger partial charge in [0, 0.05) is 25.7 Å². The molecule has 0 aromatic rings. The van der Waals surface area contributed by atoms with Crippen molar-refractivity contribution in [2.45, 2.75) is 45.3 Å². The van der Waals surface area contributed by atoms with E-state index in [2.05, 4.69) is 6.92 Å². The Balaban J connectivity index is 1.94. The van der Waals surface area contributed by atoms with Crippen LogP contribution < -0.4 is 0 Å². The average molecular weight is 284 g/mol. The largest absolute Gasteiger partial charge is 0.481 e. The second-order valence-corrected chi connectivity index (χ2v) is 5.73. The zero-order valence-corrected chi connectivity index (χ0v) is 12.2. The van der Waals surface area contributed by atoms with Crippen LogP contribution in [0.2, 0.25) is 0 Å². The summed E-state index contributed by atoms with van der Waals surface area (Å²) in [6, 6.07) is 0.0170. The van der Waals surface area contributed by atoms with Gasteiger partial charge in [-0.05, 0) is 26.2 Å². The molecule has 2 aliphatic heterocycles. The topological polar surface area (TPSA) is 70.1 Å². The van der Waals surface area contributed by atoms with Crippen LogP contribution in [0.1, 0.15) is 33.1 Å². The van der Waals surface area contributed by atoms with Crippen LogP contribution in [0.25, 0.3) is 0 Å². The maximum absolute atomic E-state index is 12.6. The zero-order chi connectivity index (χ0) is 14.7. The molecule has 1 N–H and O–H groups in total. The number of aliphatic carboxylic acids is 1. The van der Waals surface area contributed by atoms with E-state index < -0.39 is 5.97 Å². The maximum atomic E-state index is 12.6. The minimum Gasteiger partial charge on any atom is -0.481 e. The first-order valence-corrected chi connectivity index (χ1v) is 7.42. The second-order valence-electron chi connectivity index (χ2n) is 5.73. The summed E-state index contributed by atoms with van der Waals surface area (Å²) in [5.74, 6) is -1.07. The highest BCUT2D eigenvalue weighted by atomic mass is 16.5. The first-order chi connectivity index (χ1) is 9.52. The number of urea groups is 1. The van der Waals surface area contributed by atoms with Gasteiger partial charge in [-0.3, -0.25) is 4.79 Å². The van der Waals surface area contributed by atoms with Gasteiger partial charge in [-0.25, -0.2) is 4.79 Å². The SMILES string of the molecule is CCC1CN(C(=O)N2CCC(C(=O)O)CC2C)CCO1. The molecule has 2 rings (SSSR count). The Morgan fingerprint density at radius 2 is 2.10 bits per heavy atom. The molecule has 0 saturated carbocycles. The van der Waals surface area contributed by atoms with E-state index in [-0.39, 0.29) is 24.1 Å². The van der Waals surface area contributed by atoms with Crippen LogP contribution in [0.15, 0.2) is 0 Å². The molecule has 6 nitrogen and oxygen atoms in total. The van der Waals surface area contributed by atoms with Gasteiger partial charge in [0.25, 0.3) is 0 Å². The van der Waals surface area contributed by atoms with Crippen LogP contribution >= 0.6 is 0 Å². The summed E-state index contributed by atoms with van der Waals surface area (Å²) in [6.07, 6.45) is 2.12. The molecule has 2 saturated heterocycles. The molecule has 2 heterocycles.